The van der Waals surface area contributed by atoms with Crippen molar-refractivity contribution in [2.75, 3.05) is 18.0 Å². The Kier molecular flexibility index (Phi) is 7.66. The number of rotatable bonds is 7. The summed E-state index contributed by atoms with van der Waals surface area (Å²) in [5.41, 5.74) is 3.87. The Labute approximate surface area is 116 Å². The molecular formula is C15H26N4. The molecule has 0 fully saturated rings. The van der Waals surface area contributed by atoms with E-state index in [1.165, 1.54) is 0 Å². The third kappa shape index (κ3) is 5.30. The molecule has 0 aliphatic heterocycles. The van der Waals surface area contributed by atoms with Gasteiger partial charge in [-0.05, 0) is 25.0 Å². The first-order valence-corrected chi connectivity index (χ1v) is 7.17. The number of nitrogens with two attached hydrogens (primary N) is 1. The summed E-state index contributed by atoms with van der Waals surface area (Å²) < 4.78 is 0. The molecule has 0 bridgehead atoms. The van der Waals surface area contributed by atoms with Gasteiger partial charge in [0.2, 0.25) is 5.96 Å². The highest BCUT2D eigenvalue weighted by Crippen LogP contribution is 2.14. The first-order valence-electron chi connectivity index (χ1n) is 7.17. The van der Waals surface area contributed by atoms with E-state index in [4.69, 9.17) is 5.84 Å². The van der Waals surface area contributed by atoms with Crippen LogP contribution in [0.3, 0.4) is 0 Å². The molecule has 0 spiro atoms. The van der Waals surface area contributed by atoms with Gasteiger partial charge in [-0.25, -0.2) is 5.84 Å². The summed E-state index contributed by atoms with van der Waals surface area (Å²) in [5, 5.41) is 0. The molecule has 0 heterocycles. The number of guanidine groups is 1. The van der Waals surface area contributed by atoms with Gasteiger partial charge in [0.05, 0.1) is 0 Å². The van der Waals surface area contributed by atoms with Gasteiger partial charge in [0.25, 0.3) is 0 Å². The molecule has 0 amide bonds. The second kappa shape index (κ2) is 9.39. The monoisotopic (exact) mass is 262 g/mol. The molecule has 0 saturated carbocycles. The summed E-state index contributed by atoms with van der Waals surface area (Å²) in [4.78, 5) is 6.72. The molecule has 0 aliphatic rings. The van der Waals surface area contributed by atoms with Crippen molar-refractivity contribution in [1.29, 1.82) is 0 Å². The predicted octanol–water partition coefficient (Wildman–Crippen LogP) is 2.91. The average molecular weight is 262 g/mol. The van der Waals surface area contributed by atoms with E-state index in [-0.39, 0.29) is 0 Å². The van der Waals surface area contributed by atoms with Gasteiger partial charge >= 0.3 is 0 Å². The lowest BCUT2D eigenvalue weighted by molar-refractivity contribution is 0.763. The first-order chi connectivity index (χ1) is 9.33. The van der Waals surface area contributed by atoms with Gasteiger partial charge < -0.3 is 4.90 Å². The molecule has 0 aliphatic carbocycles. The molecule has 1 aromatic carbocycles. The summed E-state index contributed by atoms with van der Waals surface area (Å²) >= 11 is 0. The van der Waals surface area contributed by atoms with Crippen molar-refractivity contribution < 1.29 is 0 Å². The fraction of sp³-hybridized carbons (Fsp3) is 0.533. The molecule has 4 nitrogen and oxygen atoms in total. The summed E-state index contributed by atoms with van der Waals surface area (Å²) in [6, 6.07) is 10.3. The molecule has 3 N–H and O–H groups in total. The van der Waals surface area contributed by atoms with Crippen molar-refractivity contribution in [2.45, 2.75) is 39.5 Å². The maximum Gasteiger partial charge on any atom is 0.212 e. The first kappa shape index (κ1) is 15.5. The number of hydrogen-bond donors (Lipinski definition) is 2. The summed E-state index contributed by atoms with van der Waals surface area (Å²) in [5.74, 6) is 6.40. The van der Waals surface area contributed by atoms with E-state index >= 15 is 0 Å². The van der Waals surface area contributed by atoms with Crippen LogP contribution in [-0.2, 0) is 0 Å². The molecule has 0 aromatic heterocycles. The zero-order valence-corrected chi connectivity index (χ0v) is 12.1. The van der Waals surface area contributed by atoms with Gasteiger partial charge in [0, 0.05) is 18.8 Å². The van der Waals surface area contributed by atoms with Crippen LogP contribution in [0.2, 0.25) is 0 Å². The topological polar surface area (TPSA) is 53.6 Å². The SMILES string of the molecule is CCCCN=C(NN)N(CCCC)c1ccccc1. The number of nitrogens with one attached hydrogen (secondary N) is 1. The Morgan fingerprint density at radius 2 is 1.84 bits per heavy atom. The predicted molar refractivity (Wildman–Crippen MR) is 83.2 cm³/mol. The van der Waals surface area contributed by atoms with Crippen LogP contribution in [-0.4, -0.2) is 19.0 Å². The standard InChI is InChI=1S/C15H26N4/c1-3-5-12-17-15(18-16)19(13-6-4-2)14-10-8-7-9-11-14/h7-11H,3-6,12-13,16H2,1-2H3,(H,17,18). The van der Waals surface area contributed by atoms with Gasteiger partial charge in [-0.15, -0.1) is 0 Å². The quantitative estimate of drug-likeness (QED) is 0.261. The van der Waals surface area contributed by atoms with Crippen molar-refractivity contribution in [3.8, 4) is 0 Å². The zero-order valence-electron chi connectivity index (χ0n) is 12.1. The van der Waals surface area contributed by atoms with Crippen LogP contribution in [0.5, 0.6) is 0 Å². The number of nitrogens with zero attached hydrogens (tertiary/aromatic N) is 2. The summed E-state index contributed by atoms with van der Waals surface area (Å²) in [6.07, 6.45) is 4.49. The molecule has 19 heavy (non-hydrogen) atoms. The Morgan fingerprint density at radius 1 is 1.16 bits per heavy atom. The van der Waals surface area contributed by atoms with E-state index in [0.717, 1.165) is 50.4 Å². The smallest absolute Gasteiger partial charge is 0.212 e. The number of unbranched alkanes of at least 4 members (excludes halogenated alkanes) is 2. The molecule has 4 heteroatoms. The number of para-hydroxylation sites is 1. The van der Waals surface area contributed by atoms with Gasteiger partial charge in [-0.1, -0.05) is 44.9 Å². The van der Waals surface area contributed by atoms with Crippen LogP contribution < -0.4 is 16.2 Å². The molecule has 0 saturated heterocycles. The lowest BCUT2D eigenvalue weighted by Crippen LogP contribution is -2.45. The van der Waals surface area contributed by atoms with E-state index in [1.807, 2.05) is 18.2 Å². The fourth-order valence-corrected chi connectivity index (χ4v) is 1.83. The minimum atomic E-state index is 0.758. The molecule has 1 rings (SSSR count). The van der Waals surface area contributed by atoms with Crippen molar-refractivity contribution in [1.82, 2.24) is 5.43 Å². The fourth-order valence-electron chi connectivity index (χ4n) is 1.83. The number of hydrogen-bond acceptors (Lipinski definition) is 2. The van der Waals surface area contributed by atoms with E-state index in [1.54, 1.807) is 0 Å². The minimum absolute atomic E-state index is 0.758. The Hall–Kier alpha value is -1.55. The van der Waals surface area contributed by atoms with Crippen LogP contribution in [0.4, 0.5) is 5.69 Å². The van der Waals surface area contributed by atoms with E-state index in [0.29, 0.717) is 0 Å². The molecule has 0 unspecified atom stereocenters. The van der Waals surface area contributed by atoms with E-state index in [2.05, 4.69) is 41.3 Å². The highest BCUT2D eigenvalue weighted by molar-refractivity contribution is 5.95. The van der Waals surface area contributed by atoms with Crippen LogP contribution in [0, 0.1) is 0 Å². The normalized spacial score (nSPS) is 11.4. The van der Waals surface area contributed by atoms with Gasteiger partial charge in [0.1, 0.15) is 0 Å². The summed E-state index contributed by atoms with van der Waals surface area (Å²) in [7, 11) is 0. The Balaban J connectivity index is 2.84. The zero-order chi connectivity index (χ0) is 13.9. The maximum absolute atomic E-state index is 5.64. The number of benzene rings is 1. The van der Waals surface area contributed by atoms with Crippen LogP contribution in [0.1, 0.15) is 39.5 Å². The number of hydrazine groups is 1. The third-order valence-corrected chi connectivity index (χ3v) is 2.96. The third-order valence-electron chi connectivity index (χ3n) is 2.96. The van der Waals surface area contributed by atoms with Crippen molar-refractivity contribution in [3.63, 3.8) is 0 Å². The van der Waals surface area contributed by atoms with Gasteiger partial charge in [-0.3, -0.25) is 10.4 Å². The Morgan fingerprint density at radius 3 is 2.42 bits per heavy atom. The molecule has 0 atom stereocenters. The molecule has 0 radical (unpaired) electrons. The number of aliphatic imine (C=N–C) groups is 1. The van der Waals surface area contributed by atoms with Gasteiger partial charge in [-0.2, -0.15) is 0 Å². The number of anilines is 1. The molecular weight excluding hydrogens is 236 g/mol. The lowest BCUT2D eigenvalue weighted by atomic mass is 10.2. The minimum Gasteiger partial charge on any atom is -0.312 e. The van der Waals surface area contributed by atoms with E-state index in [9.17, 15) is 0 Å². The van der Waals surface area contributed by atoms with Crippen LogP contribution in [0.25, 0.3) is 0 Å². The maximum atomic E-state index is 5.64. The molecule has 106 valence electrons. The lowest BCUT2D eigenvalue weighted by Gasteiger charge is -2.25. The van der Waals surface area contributed by atoms with Crippen molar-refractivity contribution >= 4 is 11.6 Å². The highest BCUT2D eigenvalue weighted by atomic mass is 15.4. The Bertz CT molecular complexity index is 362. The average Bonchev–Trinajstić information content (AvgIpc) is 2.47. The van der Waals surface area contributed by atoms with E-state index < -0.39 is 0 Å². The van der Waals surface area contributed by atoms with Gasteiger partial charge in [0.15, 0.2) is 0 Å². The van der Waals surface area contributed by atoms with Crippen molar-refractivity contribution in [3.05, 3.63) is 30.3 Å². The summed E-state index contributed by atoms with van der Waals surface area (Å²) in [6.45, 7) is 6.09. The second-order valence-corrected chi connectivity index (χ2v) is 4.54. The van der Waals surface area contributed by atoms with Crippen LogP contribution in [0.15, 0.2) is 35.3 Å². The second-order valence-electron chi connectivity index (χ2n) is 4.54. The van der Waals surface area contributed by atoms with Crippen molar-refractivity contribution in [2.24, 2.45) is 10.8 Å². The molecule has 1 aromatic rings. The largest absolute Gasteiger partial charge is 0.312 e. The van der Waals surface area contributed by atoms with Crippen LogP contribution >= 0.6 is 0 Å². The highest BCUT2D eigenvalue weighted by Gasteiger charge is 2.11.